The smallest absolute Gasteiger partial charge is 0.238 e. The molecule has 0 unspecified atom stereocenters. The van der Waals surface area contributed by atoms with Crippen molar-refractivity contribution in [2.75, 3.05) is 32.8 Å². The van der Waals surface area contributed by atoms with Gasteiger partial charge >= 0.3 is 0 Å². The van der Waals surface area contributed by atoms with Crippen LogP contribution in [0.4, 0.5) is 11.6 Å². The Balaban J connectivity index is 1.63. The van der Waals surface area contributed by atoms with Gasteiger partial charge in [-0.15, -0.1) is 0 Å². The minimum Gasteiger partial charge on any atom is -0.497 e. The third kappa shape index (κ3) is 4.35. The second-order valence-electron chi connectivity index (χ2n) is 7.52. The molecule has 3 aromatic carbocycles. The van der Waals surface area contributed by atoms with Crippen LogP contribution in [0.3, 0.4) is 0 Å². The summed E-state index contributed by atoms with van der Waals surface area (Å²) in [4.78, 5) is 4.38. The summed E-state index contributed by atoms with van der Waals surface area (Å²) >= 11 is 0. The van der Waals surface area contributed by atoms with Crippen LogP contribution in [-0.4, -0.2) is 40.8 Å². The minimum atomic E-state index is -4.12. The minimum absolute atomic E-state index is 0.00433. The van der Waals surface area contributed by atoms with Gasteiger partial charge in [-0.3, -0.25) is 0 Å². The van der Waals surface area contributed by atoms with Gasteiger partial charge in [0.2, 0.25) is 26.6 Å². The third-order valence-electron chi connectivity index (χ3n) is 5.35. The maximum absolute atomic E-state index is 13.7. The van der Waals surface area contributed by atoms with Gasteiger partial charge in [0.25, 0.3) is 0 Å². The molecule has 2 heterocycles. The summed E-state index contributed by atoms with van der Waals surface area (Å²) in [5.74, 6) is 1.98. The number of ether oxygens (including phenoxy) is 4. The molecule has 9 nitrogen and oxygen atoms in total. The lowest BCUT2D eigenvalue weighted by molar-refractivity contribution is 0.171. The number of fused-ring (bicyclic) bond motifs is 1. The molecule has 0 atom stereocenters. The van der Waals surface area contributed by atoms with Gasteiger partial charge in [0, 0.05) is 11.6 Å². The molecule has 0 amide bonds. The summed E-state index contributed by atoms with van der Waals surface area (Å²) in [5, 5.41) is 2.75. The largest absolute Gasteiger partial charge is 0.497 e. The number of hydrogen-bond acceptors (Lipinski definition) is 9. The number of nitrogens with zero attached hydrogens (tertiary/aromatic N) is 1. The fourth-order valence-corrected chi connectivity index (χ4v) is 4.89. The Kier molecular flexibility index (Phi) is 5.96. The van der Waals surface area contributed by atoms with E-state index in [2.05, 4.69) is 10.3 Å². The number of sulfone groups is 1. The zero-order valence-corrected chi connectivity index (χ0v) is 19.8. The molecular formula is C25H22N2O7S. The molecule has 180 valence electrons. The molecule has 10 heteroatoms. The van der Waals surface area contributed by atoms with Crippen molar-refractivity contribution in [2.45, 2.75) is 9.92 Å². The molecule has 0 radical (unpaired) electrons. The molecule has 1 aromatic heterocycles. The molecule has 0 saturated carbocycles. The summed E-state index contributed by atoms with van der Waals surface area (Å²) in [5.41, 5.74) is 1.07. The Bertz CT molecular complexity index is 1480. The zero-order chi connectivity index (χ0) is 24.4. The van der Waals surface area contributed by atoms with E-state index in [1.54, 1.807) is 61.7 Å². The van der Waals surface area contributed by atoms with Gasteiger partial charge in [0.05, 0.1) is 24.8 Å². The molecule has 0 aliphatic carbocycles. The average Bonchev–Trinajstić information content (AvgIpc) is 3.33. The maximum Gasteiger partial charge on any atom is 0.238 e. The van der Waals surface area contributed by atoms with Crippen molar-refractivity contribution in [1.29, 1.82) is 0 Å². The van der Waals surface area contributed by atoms with Crippen LogP contribution in [0.1, 0.15) is 0 Å². The van der Waals surface area contributed by atoms with Crippen LogP contribution in [0.5, 0.6) is 23.0 Å². The standard InChI is InChI=1S/C25H22N2O7S/c1-30-17-7-5-6-16(14-17)23-27-25(24(34-23)26-19-8-3-4-9-20(19)31-2)35(28,29)18-10-11-21-22(15-18)33-13-12-32-21/h3-11,14-15,26H,12-13H2,1-2H3. The summed E-state index contributed by atoms with van der Waals surface area (Å²) in [6.07, 6.45) is 0. The first-order valence-corrected chi connectivity index (χ1v) is 12.2. The molecule has 5 rings (SSSR count). The first kappa shape index (κ1) is 22.6. The van der Waals surface area contributed by atoms with E-state index in [9.17, 15) is 8.42 Å². The zero-order valence-electron chi connectivity index (χ0n) is 19.0. The predicted molar refractivity (Wildman–Crippen MR) is 128 cm³/mol. The highest BCUT2D eigenvalue weighted by Crippen LogP contribution is 2.39. The summed E-state index contributed by atoms with van der Waals surface area (Å²) < 4.78 is 55.2. The van der Waals surface area contributed by atoms with Crippen LogP contribution in [0, 0.1) is 0 Å². The van der Waals surface area contributed by atoms with E-state index in [0.717, 1.165) is 0 Å². The predicted octanol–water partition coefficient (Wildman–Crippen LogP) is 4.71. The SMILES string of the molecule is COc1cccc(-c2nc(S(=O)(=O)c3ccc4c(c3)OCCO4)c(Nc3ccccc3OC)o2)c1. The number of oxazole rings is 1. The van der Waals surface area contributed by atoms with Crippen molar-refractivity contribution in [3.05, 3.63) is 66.7 Å². The highest BCUT2D eigenvalue weighted by Gasteiger charge is 2.30. The molecule has 1 aliphatic rings. The number of anilines is 2. The molecule has 0 fully saturated rings. The van der Waals surface area contributed by atoms with Crippen molar-refractivity contribution in [3.8, 4) is 34.5 Å². The number of rotatable bonds is 7. The average molecular weight is 495 g/mol. The van der Waals surface area contributed by atoms with Gasteiger partial charge in [-0.25, -0.2) is 8.42 Å². The lowest BCUT2D eigenvalue weighted by atomic mass is 10.2. The quantitative estimate of drug-likeness (QED) is 0.391. The van der Waals surface area contributed by atoms with Crippen molar-refractivity contribution >= 4 is 21.4 Å². The number of hydrogen-bond donors (Lipinski definition) is 1. The van der Waals surface area contributed by atoms with Crippen LogP contribution in [-0.2, 0) is 9.84 Å². The molecule has 1 N–H and O–H groups in total. The van der Waals surface area contributed by atoms with Gasteiger partial charge < -0.3 is 28.7 Å². The fraction of sp³-hybridized carbons (Fsp3) is 0.160. The molecule has 0 bridgehead atoms. The first-order valence-electron chi connectivity index (χ1n) is 10.7. The highest BCUT2D eigenvalue weighted by atomic mass is 32.2. The van der Waals surface area contributed by atoms with E-state index in [1.165, 1.54) is 19.2 Å². The van der Waals surface area contributed by atoms with E-state index in [1.807, 2.05) is 0 Å². The fourth-order valence-electron chi connectivity index (χ4n) is 3.62. The summed E-state index contributed by atoms with van der Waals surface area (Å²) in [7, 11) is -1.05. The van der Waals surface area contributed by atoms with Gasteiger partial charge in [0.1, 0.15) is 24.7 Å². The Morgan fingerprint density at radius 3 is 2.49 bits per heavy atom. The monoisotopic (exact) mass is 494 g/mol. The normalized spacial score (nSPS) is 12.7. The first-order chi connectivity index (χ1) is 17.0. The van der Waals surface area contributed by atoms with Gasteiger partial charge in [-0.1, -0.05) is 18.2 Å². The van der Waals surface area contributed by atoms with Crippen molar-refractivity contribution in [2.24, 2.45) is 0 Å². The molecular weight excluding hydrogens is 472 g/mol. The van der Waals surface area contributed by atoms with Gasteiger partial charge in [0.15, 0.2) is 11.5 Å². The topological polar surface area (TPSA) is 109 Å². The maximum atomic E-state index is 13.7. The van der Waals surface area contributed by atoms with E-state index >= 15 is 0 Å². The summed E-state index contributed by atoms with van der Waals surface area (Å²) in [6, 6.07) is 18.5. The lowest BCUT2D eigenvalue weighted by Crippen LogP contribution is -2.16. The Morgan fingerprint density at radius 2 is 1.69 bits per heavy atom. The number of para-hydroxylation sites is 2. The Morgan fingerprint density at radius 1 is 0.886 bits per heavy atom. The van der Waals surface area contributed by atoms with E-state index < -0.39 is 9.84 Å². The van der Waals surface area contributed by atoms with Crippen LogP contribution < -0.4 is 24.3 Å². The third-order valence-corrected chi connectivity index (χ3v) is 7.01. The number of aromatic nitrogens is 1. The number of nitrogens with one attached hydrogen (secondary N) is 1. The van der Waals surface area contributed by atoms with Gasteiger partial charge in [-0.2, -0.15) is 4.98 Å². The van der Waals surface area contributed by atoms with Crippen LogP contribution in [0.15, 0.2) is 81.1 Å². The Labute approximate surface area is 202 Å². The molecule has 0 spiro atoms. The molecule has 35 heavy (non-hydrogen) atoms. The second-order valence-corrected chi connectivity index (χ2v) is 9.38. The Hall–Kier alpha value is -4.18. The van der Waals surface area contributed by atoms with Crippen LogP contribution in [0.25, 0.3) is 11.5 Å². The van der Waals surface area contributed by atoms with Crippen molar-refractivity contribution in [1.82, 2.24) is 4.98 Å². The molecule has 1 aliphatic heterocycles. The van der Waals surface area contributed by atoms with Gasteiger partial charge in [-0.05, 0) is 42.5 Å². The summed E-state index contributed by atoms with van der Waals surface area (Å²) in [6.45, 7) is 0.736. The van der Waals surface area contributed by atoms with Crippen molar-refractivity contribution in [3.63, 3.8) is 0 Å². The molecule has 4 aromatic rings. The van der Waals surface area contributed by atoms with E-state index in [-0.39, 0.29) is 21.7 Å². The molecule has 0 saturated heterocycles. The van der Waals surface area contributed by atoms with Crippen LogP contribution >= 0.6 is 0 Å². The van der Waals surface area contributed by atoms with Crippen LogP contribution in [0.2, 0.25) is 0 Å². The van der Waals surface area contributed by atoms with E-state index in [0.29, 0.717) is 47.5 Å². The van der Waals surface area contributed by atoms with E-state index in [4.69, 9.17) is 23.4 Å². The van der Waals surface area contributed by atoms with Crippen molar-refractivity contribution < 1.29 is 31.8 Å². The lowest BCUT2D eigenvalue weighted by Gasteiger charge is -2.18. The second kappa shape index (κ2) is 9.22. The number of methoxy groups -OCH3 is 2. The highest BCUT2D eigenvalue weighted by molar-refractivity contribution is 7.91. The number of benzene rings is 3.